The van der Waals surface area contributed by atoms with E-state index in [1.807, 2.05) is 31.1 Å². The molecule has 1 N–H and O–H groups in total. The maximum atomic E-state index is 12.3. The molecule has 0 atom stereocenters. The molecule has 0 aliphatic rings. The Hall–Kier alpha value is -2.58. The molecule has 0 aliphatic heterocycles. The van der Waals surface area contributed by atoms with Gasteiger partial charge in [-0.25, -0.2) is 0 Å². The van der Waals surface area contributed by atoms with Crippen molar-refractivity contribution in [2.45, 2.75) is 25.4 Å². The topological polar surface area (TPSA) is 71.3 Å². The van der Waals surface area contributed by atoms with Crippen molar-refractivity contribution in [1.29, 1.82) is 0 Å². The highest BCUT2D eigenvalue weighted by Crippen LogP contribution is 2.27. The highest BCUT2D eigenvalue weighted by atomic mass is 19.4. The largest absolute Gasteiger partial charge is 0.471 e. The molecule has 0 unspecified atom stereocenters. The van der Waals surface area contributed by atoms with Crippen LogP contribution in [0.1, 0.15) is 24.6 Å². The first-order valence-corrected chi connectivity index (χ1v) is 7.23. The number of amides is 1. The number of halogens is 3. The summed E-state index contributed by atoms with van der Waals surface area (Å²) in [5.74, 6) is -1.67. The third-order valence-corrected chi connectivity index (χ3v) is 3.17. The maximum absolute atomic E-state index is 12.3. The molecule has 1 aromatic heterocycles. The molecule has 0 bridgehead atoms. The average molecular weight is 342 g/mol. The Labute approximate surface area is 136 Å². The number of anilines is 2. The van der Waals surface area contributed by atoms with E-state index in [0.29, 0.717) is 12.1 Å². The van der Waals surface area contributed by atoms with Crippen molar-refractivity contribution < 1.29 is 22.5 Å². The third-order valence-electron chi connectivity index (χ3n) is 3.17. The van der Waals surface area contributed by atoms with Crippen LogP contribution < -0.4 is 10.2 Å². The van der Waals surface area contributed by atoms with Crippen LogP contribution in [0.3, 0.4) is 0 Å². The number of hydrogen-bond donors (Lipinski definition) is 1. The van der Waals surface area contributed by atoms with E-state index in [1.165, 1.54) is 0 Å². The first kappa shape index (κ1) is 17.8. The molecular formula is C15H17F3N4O2. The third kappa shape index (κ3) is 4.71. The summed E-state index contributed by atoms with van der Waals surface area (Å²) in [6.07, 6.45) is -4.08. The molecular weight excluding hydrogens is 325 g/mol. The Morgan fingerprint density at radius 3 is 2.62 bits per heavy atom. The van der Waals surface area contributed by atoms with E-state index in [9.17, 15) is 18.0 Å². The van der Waals surface area contributed by atoms with Gasteiger partial charge in [0.05, 0.1) is 11.4 Å². The molecule has 2 aromatic rings. The number of aromatic nitrogens is 2. The predicted molar refractivity (Wildman–Crippen MR) is 81.6 cm³/mol. The minimum atomic E-state index is -4.65. The van der Waals surface area contributed by atoms with Gasteiger partial charge in [0.2, 0.25) is 5.91 Å². The number of rotatable bonds is 6. The lowest BCUT2D eigenvalue weighted by Crippen LogP contribution is -2.16. The quantitative estimate of drug-likeness (QED) is 0.873. The van der Waals surface area contributed by atoms with E-state index in [1.54, 1.807) is 12.1 Å². The van der Waals surface area contributed by atoms with Gasteiger partial charge in [0.15, 0.2) is 5.82 Å². The maximum Gasteiger partial charge on any atom is 0.471 e. The van der Waals surface area contributed by atoms with Crippen molar-refractivity contribution in [3.63, 3.8) is 0 Å². The van der Waals surface area contributed by atoms with Crippen LogP contribution in [0.5, 0.6) is 0 Å². The molecule has 6 nitrogen and oxygen atoms in total. The van der Waals surface area contributed by atoms with Crippen molar-refractivity contribution >= 4 is 17.3 Å². The lowest BCUT2D eigenvalue weighted by molar-refractivity contribution is -0.159. The van der Waals surface area contributed by atoms with Gasteiger partial charge in [0, 0.05) is 26.9 Å². The fourth-order valence-corrected chi connectivity index (χ4v) is 2.06. The minimum Gasteiger partial charge on any atom is -0.376 e. The summed E-state index contributed by atoms with van der Waals surface area (Å²) >= 11 is 0. The summed E-state index contributed by atoms with van der Waals surface area (Å²) in [5.41, 5.74) is 1.53. The second-order valence-electron chi connectivity index (χ2n) is 5.33. The second kappa shape index (κ2) is 7.33. The number of aryl methyl sites for hydroxylation is 1. The number of nitrogens with one attached hydrogen (secondary N) is 1. The highest BCUT2D eigenvalue weighted by Gasteiger charge is 2.38. The summed E-state index contributed by atoms with van der Waals surface area (Å²) < 4.78 is 41.1. The average Bonchev–Trinajstić information content (AvgIpc) is 2.96. The number of alkyl halides is 3. The Balaban J connectivity index is 1.85. The van der Waals surface area contributed by atoms with Crippen molar-refractivity contribution in [1.82, 2.24) is 10.1 Å². The van der Waals surface area contributed by atoms with Gasteiger partial charge in [0.1, 0.15) is 0 Å². The highest BCUT2D eigenvalue weighted by molar-refractivity contribution is 5.94. The van der Waals surface area contributed by atoms with Gasteiger partial charge in [-0.15, -0.1) is 0 Å². The number of para-hydroxylation sites is 2. The van der Waals surface area contributed by atoms with Crippen LogP contribution in [-0.2, 0) is 17.4 Å². The molecule has 0 aliphatic carbocycles. The van der Waals surface area contributed by atoms with Gasteiger partial charge in [-0.1, -0.05) is 17.3 Å². The molecule has 130 valence electrons. The zero-order valence-corrected chi connectivity index (χ0v) is 13.2. The smallest absolute Gasteiger partial charge is 0.376 e. The zero-order valence-electron chi connectivity index (χ0n) is 13.2. The van der Waals surface area contributed by atoms with Crippen LogP contribution in [0.2, 0.25) is 0 Å². The van der Waals surface area contributed by atoms with Gasteiger partial charge >= 0.3 is 12.1 Å². The van der Waals surface area contributed by atoms with E-state index in [2.05, 4.69) is 20.0 Å². The van der Waals surface area contributed by atoms with Crippen molar-refractivity contribution in [3.05, 3.63) is 36.0 Å². The molecule has 0 radical (unpaired) electrons. The van der Waals surface area contributed by atoms with Crippen LogP contribution >= 0.6 is 0 Å². The second-order valence-corrected chi connectivity index (χ2v) is 5.33. The van der Waals surface area contributed by atoms with Gasteiger partial charge < -0.3 is 14.7 Å². The van der Waals surface area contributed by atoms with E-state index >= 15 is 0 Å². The van der Waals surface area contributed by atoms with Gasteiger partial charge in [-0.3, -0.25) is 4.79 Å². The SMILES string of the molecule is CN(C)c1ccccc1NC(=O)CCCc1noc(C(F)(F)F)n1. The number of hydrogen-bond acceptors (Lipinski definition) is 5. The Morgan fingerprint density at radius 2 is 2.00 bits per heavy atom. The van der Waals surface area contributed by atoms with Crippen LogP contribution in [0.15, 0.2) is 28.8 Å². The Morgan fingerprint density at radius 1 is 1.29 bits per heavy atom. The first-order valence-electron chi connectivity index (χ1n) is 7.23. The molecule has 24 heavy (non-hydrogen) atoms. The first-order chi connectivity index (χ1) is 11.3. The van der Waals surface area contributed by atoms with Crippen LogP contribution in [-0.4, -0.2) is 30.1 Å². The number of carbonyl (C=O) groups is 1. The number of carbonyl (C=O) groups excluding carboxylic acids is 1. The molecule has 0 spiro atoms. The van der Waals surface area contributed by atoms with Gasteiger partial charge in [-0.05, 0) is 18.6 Å². The van der Waals surface area contributed by atoms with E-state index in [-0.39, 0.29) is 24.6 Å². The normalized spacial score (nSPS) is 11.4. The van der Waals surface area contributed by atoms with Gasteiger partial charge in [-0.2, -0.15) is 18.2 Å². The number of nitrogens with zero attached hydrogens (tertiary/aromatic N) is 3. The lowest BCUT2D eigenvalue weighted by Gasteiger charge is -2.17. The molecule has 0 saturated carbocycles. The van der Waals surface area contributed by atoms with E-state index < -0.39 is 12.1 Å². The summed E-state index contributed by atoms with van der Waals surface area (Å²) in [5, 5.41) is 6.04. The fourth-order valence-electron chi connectivity index (χ4n) is 2.06. The molecule has 1 amide bonds. The van der Waals surface area contributed by atoms with E-state index in [0.717, 1.165) is 5.69 Å². The Bertz CT molecular complexity index is 698. The molecule has 0 saturated heterocycles. The summed E-state index contributed by atoms with van der Waals surface area (Å²) in [6.45, 7) is 0. The number of benzene rings is 1. The summed E-state index contributed by atoms with van der Waals surface area (Å²) in [6, 6.07) is 7.32. The lowest BCUT2D eigenvalue weighted by atomic mass is 10.2. The minimum absolute atomic E-state index is 0.0659. The van der Waals surface area contributed by atoms with Crippen LogP contribution in [0.4, 0.5) is 24.5 Å². The van der Waals surface area contributed by atoms with Crippen LogP contribution in [0.25, 0.3) is 0 Å². The summed E-state index contributed by atoms with van der Waals surface area (Å²) in [7, 11) is 3.72. The van der Waals surface area contributed by atoms with Crippen molar-refractivity contribution in [3.8, 4) is 0 Å². The summed E-state index contributed by atoms with van der Waals surface area (Å²) in [4.78, 5) is 17.1. The van der Waals surface area contributed by atoms with E-state index in [4.69, 9.17) is 0 Å². The van der Waals surface area contributed by atoms with Gasteiger partial charge in [0.25, 0.3) is 0 Å². The predicted octanol–water partition coefficient (Wildman–Crippen LogP) is 3.12. The fraction of sp³-hybridized carbons (Fsp3) is 0.400. The van der Waals surface area contributed by atoms with Crippen molar-refractivity contribution in [2.75, 3.05) is 24.3 Å². The molecule has 1 aromatic carbocycles. The monoisotopic (exact) mass is 342 g/mol. The van der Waals surface area contributed by atoms with Crippen molar-refractivity contribution in [2.24, 2.45) is 0 Å². The Kier molecular flexibility index (Phi) is 5.42. The molecule has 0 fully saturated rings. The molecule has 2 rings (SSSR count). The van der Waals surface area contributed by atoms with Crippen LogP contribution in [0, 0.1) is 0 Å². The standard InChI is InChI=1S/C15H17F3N4O2/c1-22(2)11-7-4-3-6-10(11)19-13(23)9-5-8-12-20-14(24-21-12)15(16,17)18/h3-4,6-7H,5,8-9H2,1-2H3,(H,19,23). The zero-order chi connectivity index (χ0) is 17.7. The molecule has 9 heteroatoms. The molecule has 1 heterocycles.